The molecule has 0 radical (unpaired) electrons. The van der Waals surface area contributed by atoms with Crippen molar-refractivity contribution in [3.05, 3.63) is 24.3 Å². The number of hydrogen-bond acceptors (Lipinski definition) is 15. The summed E-state index contributed by atoms with van der Waals surface area (Å²) in [6.07, 6.45) is 43.9. The van der Waals surface area contributed by atoms with Gasteiger partial charge in [0, 0.05) is 25.7 Å². The number of aliphatic hydroxyl groups is 1. The summed E-state index contributed by atoms with van der Waals surface area (Å²) in [4.78, 5) is 72.0. The quantitative estimate of drug-likeness (QED) is 0.0169. The molecule has 0 saturated carbocycles. The van der Waals surface area contributed by atoms with E-state index in [2.05, 4.69) is 58.9 Å². The smallest absolute Gasteiger partial charge is 0.462 e. The van der Waals surface area contributed by atoms with Crippen LogP contribution < -0.4 is 0 Å². The highest BCUT2D eigenvalue weighted by atomic mass is 31.2. The normalized spacial score (nSPS) is 14.7. The van der Waals surface area contributed by atoms with Crippen molar-refractivity contribution in [2.24, 2.45) is 5.92 Å². The number of phosphoric acid groups is 2. The molecule has 0 rings (SSSR count). The predicted molar refractivity (Wildman–Crippen MR) is 331 cm³/mol. The molecule has 0 spiro atoms. The minimum absolute atomic E-state index is 0.0845. The number of aliphatic hydroxyl groups excluding tert-OH is 1. The largest absolute Gasteiger partial charge is 0.472 e. The number of carbonyl (C=O) groups is 4. The highest BCUT2D eigenvalue weighted by molar-refractivity contribution is 7.47. The van der Waals surface area contributed by atoms with Gasteiger partial charge in [-0.05, 0) is 57.3 Å². The molecule has 0 fully saturated rings. The van der Waals surface area contributed by atoms with Gasteiger partial charge in [0.1, 0.15) is 19.3 Å². The third-order valence-corrected chi connectivity index (χ3v) is 16.4. The molecule has 0 aromatic carbocycles. The summed E-state index contributed by atoms with van der Waals surface area (Å²) >= 11 is 0. The Kier molecular flexibility index (Phi) is 55.6. The molecule has 0 bridgehead atoms. The first-order chi connectivity index (χ1) is 40.1. The zero-order chi connectivity index (χ0) is 61.3. The third-order valence-electron chi connectivity index (χ3n) is 14.5. The Bertz CT molecular complexity index is 1710. The Morgan fingerprint density at radius 1 is 0.386 bits per heavy atom. The minimum Gasteiger partial charge on any atom is -0.462 e. The summed E-state index contributed by atoms with van der Waals surface area (Å²) in [5.74, 6) is -1.39. The monoisotopic (exact) mass is 1220 g/mol. The third kappa shape index (κ3) is 57.1. The lowest BCUT2D eigenvalue weighted by atomic mass is 9.99. The van der Waals surface area contributed by atoms with Gasteiger partial charge in [-0.25, -0.2) is 9.13 Å². The molecule has 6 atom stereocenters. The van der Waals surface area contributed by atoms with E-state index in [9.17, 15) is 43.2 Å². The summed E-state index contributed by atoms with van der Waals surface area (Å²) in [5, 5.41) is 10.5. The number of esters is 4. The fourth-order valence-corrected chi connectivity index (χ4v) is 10.6. The number of phosphoric ester groups is 2. The van der Waals surface area contributed by atoms with Gasteiger partial charge in [-0.3, -0.25) is 37.3 Å². The van der Waals surface area contributed by atoms with Gasteiger partial charge < -0.3 is 33.8 Å². The summed E-state index contributed by atoms with van der Waals surface area (Å²) < 4.78 is 67.8. The van der Waals surface area contributed by atoms with E-state index in [-0.39, 0.29) is 25.7 Å². The topological polar surface area (TPSA) is 237 Å². The molecule has 0 saturated heterocycles. The van der Waals surface area contributed by atoms with Crippen LogP contribution in [0.1, 0.15) is 298 Å². The number of hydrogen-bond donors (Lipinski definition) is 3. The molecule has 3 N–H and O–H groups in total. The number of carbonyl (C=O) groups excluding carboxylic acids is 4. The van der Waals surface area contributed by atoms with E-state index in [1.807, 2.05) is 0 Å². The van der Waals surface area contributed by atoms with Gasteiger partial charge in [0.25, 0.3) is 0 Å². The van der Waals surface area contributed by atoms with Crippen LogP contribution >= 0.6 is 15.6 Å². The molecule has 0 heterocycles. The van der Waals surface area contributed by atoms with E-state index < -0.39 is 97.5 Å². The van der Waals surface area contributed by atoms with Crippen molar-refractivity contribution in [2.45, 2.75) is 316 Å². The van der Waals surface area contributed by atoms with Crippen molar-refractivity contribution in [3.63, 3.8) is 0 Å². The fourth-order valence-electron chi connectivity index (χ4n) is 9.01. The second kappa shape index (κ2) is 57.3. The van der Waals surface area contributed by atoms with Crippen molar-refractivity contribution in [1.29, 1.82) is 0 Å². The van der Waals surface area contributed by atoms with E-state index in [4.69, 9.17) is 37.0 Å². The van der Waals surface area contributed by atoms with Crippen molar-refractivity contribution in [2.75, 3.05) is 39.6 Å². The number of rotatable bonds is 62. The summed E-state index contributed by atoms with van der Waals surface area (Å²) in [5.41, 5.74) is 0. The van der Waals surface area contributed by atoms with Gasteiger partial charge in [-0.1, -0.05) is 245 Å². The van der Waals surface area contributed by atoms with Gasteiger partial charge in [0.15, 0.2) is 12.2 Å². The van der Waals surface area contributed by atoms with Gasteiger partial charge in [-0.2, -0.15) is 0 Å². The van der Waals surface area contributed by atoms with Gasteiger partial charge >= 0.3 is 39.5 Å². The first kappa shape index (κ1) is 80.5. The maximum Gasteiger partial charge on any atom is 0.472 e. The lowest BCUT2D eigenvalue weighted by Crippen LogP contribution is -2.30. The van der Waals surface area contributed by atoms with Crippen LogP contribution in [0.4, 0.5) is 0 Å². The fraction of sp³-hybridized carbons (Fsp3) is 0.875. The standard InChI is InChI=1S/C64H120O17P2/c1-6-10-13-16-19-22-23-24-25-26-27-28-35-40-45-50-64(69)81-60(54-75-62(67)48-43-38-34-30-29-31-36-41-46-57(5)9-4)56-79-83(72,73)77-52-58(65)51-76-82(70,71)78-55-59(80-63(68)49-44-39-33-21-18-15-12-8-3)53-74-61(66)47-42-37-32-20-17-14-11-7-2/h22-25,57-60,65H,6-21,26-56H2,1-5H3,(H,70,71)(H,72,73)/b23-22-,25-24-/t57?,58-,59+,60+/m0/s1. The maximum absolute atomic E-state index is 13.0. The maximum atomic E-state index is 13.0. The summed E-state index contributed by atoms with van der Waals surface area (Å²) in [6, 6.07) is 0. The van der Waals surface area contributed by atoms with Gasteiger partial charge in [0.05, 0.1) is 26.4 Å². The average molecular weight is 1220 g/mol. The van der Waals surface area contributed by atoms with Crippen LogP contribution in [0.15, 0.2) is 24.3 Å². The predicted octanol–water partition coefficient (Wildman–Crippen LogP) is 17.3. The van der Waals surface area contributed by atoms with E-state index >= 15 is 0 Å². The van der Waals surface area contributed by atoms with E-state index in [0.717, 1.165) is 121 Å². The van der Waals surface area contributed by atoms with Crippen LogP contribution in [0.3, 0.4) is 0 Å². The number of ether oxygens (including phenoxy) is 4. The minimum atomic E-state index is -4.95. The van der Waals surface area contributed by atoms with Crippen LogP contribution in [0, 0.1) is 5.92 Å². The van der Waals surface area contributed by atoms with Crippen molar-refractivity contribution in [1.82, 2.24) is 0 Å². The summed E-state index contributed by atoms with van der Waals surface area (Å²) in [7, 11) is -9.89. The van der Waals surface area contributed by atoms with Crippen molar-refractivity contribution < 1.29 is 80.2 Å². The molecule has 0 aliphatic heterocycles. The first-order valence-corrected chi connectivity index (χ1v) is 36.0. The van der Waals surface area contributed by atoms with Gasteiger partial charge in [-0.15, -0.1) is 0 Å². The Hall–Kier alpha value is -2.46. The zero-order valence-corrected chi connectivity index (χ0v) is 54.6. The molecule has 83 heavy (non-hydrogen) atoms. The number of allylic oxidation sites excluding steroid dienone is 4. The van der Waals surface area contributed by atoms with Crippen LogP contribution in [0.5, 0.6) is 0 Å². The Balaban J connectivity index is 5.25. The highest BCUT2D eigenvalue weighted by Gasteiger charge is 2.30. The van der Waals surface area contributed by atoms with E-state index in [1.54, 1.807) is 0 Å². The molecule has 488 valence electrons. The molecule has 3 unspecified atom stereocenters. The van der Waals surface area contributed by atoms with Crippen LogP contribution in [-0.4, -0.2) is 96.7 Å². The second-order valence-corrected chi connectivity index (χ2v) is 25.6. The SMILES string of the molecule is CCCCCC/C=C\C=C/CCCCCCCC(=O)O[C@H](COC(=O)CCCCCCCCCCC(C)CC)COP(=O)(O)OC[C@@H](O)COP(=O)(O)OC[C@@H](COC(=O)CCCCCCCCCC)OC(=O)CCCCCCCCCC. The Labute approximate surface area is 503 Å². The Morgan fingerprint density at radius 3 is 1.02 bits per heavy atom. The molecule has 0 amide bonds. The molecule has 0 aromatic rings. The lowest BCUT2D eigenvalue weighted by Gasteiger charge is -2.21. The molecule has 19 heteroatoms. The molecule has 0 aromatic heterocycles. The second-order valence-electron chi connectivity index (χ2n) is 22.7. The molecule has 17 nitrogen and oxygen atoms in total. The van der Waals surface area contributed by atoms with Gasteiger partial charge in [0.2, 0.25) is 0 Å². The summed E-state index contributed by atoms with van der Waals surface area (Å²) in [6.45, 7) is 7.07. The van der Waals surface area contributed by atoms with Crippen LogP contribution in [0.2, 0.25) is 0 Å². The first-order valence-electron chi connectivity index (χ1n) is 33.0. The molecule has 0 aliphatic rings. The van der Waals surface area contributed by atoms with E-state index in [0.29, 0.717) is 25.7 Å². The zero-order valence-electron chi connectivity index (χ0n) is 52.8. The highest BCUT2D eigenvalue weighted by Crippen LogP contribution is 2.45. The molecular weight excluding hydrogens is 1100 g/mol. The van der Waals surface area contributed by atoms with E-state index in [1.165, 1.54) is 96.3 Å². The van der Waals surface area contributed by atoms with Crippen molar-refractivity contribution >= 4 is 39.5 Å². The number of unbranched alkanes of at least 4 members (excludes halogenated alkanes) is 30. The lowest BCUT2D eigenvalue weighted by molar-refractivity contribution is -0.161. The van der Waals surface area contributed by atoms with Crippen LogP contribution in [-0.2, 0) is 65.4 Å². The molecule has 0 aliphatic carbocycles. The molecular formula is C64H120O17P2. The van der Waals surface area contributed by atoms with Crippen LogP contribution in [0.25, 0.3) is 0 Å². The average Bonchev–Trinajstić information content (AvgIpc) is 3.47. The Morgan fingerprint density at radius 2 is 0.675 bits per heavy atom. The van der Waals surface area contributed by atoms with Crippen molar-refractivity contribution in [3.8, 4) is 0 Å².